The summed E-state index contributed by atoms with van der Waals surface area (Å²) in [7, 11) is -0.768. The summed E-state index contributed by atoms with van der Waals surface area (Å²) in [5.41, 5.74) is 5.37. The molecule has 0 spiro atoms. The molecular formula is C22H30OS. The van der Waals surface area contributed by atoms with E-state index in [-0.39, 0.29) is 5.25 Å². The van der Waals surface area contributed by atoms with Gasteiger partial charge >= 0.3 is 0 Å². The third-order valence-electron chi connectivity index (χ3n) is 4.40. The van der Waals surface area contributed by atoms with Crippen molar-refractivity contribution in [3.05, 3.63) is 70.8 Å². The van der Waals surface area contributed by atoms with Crippen LogP contribution in [0.25, 0.3) is 0 Å². The molecule has 0 radical (unpaired) electrons. The van der Waals surface area contributed by atoms with E-state index in [1.165, 1.54) is 41.5 Å². The van der Waals surface area contributed by atoms with Gasteiger partial charge < -0.3 is 0 Å². The van der Waals surface area contributed by atoms with Crippen molar-refractivity contribution in [1.29, 1.82) is 0 Å². The van der Waals surface area contributed by atoms with Crippen molar-refractivity contribution < 1.29 is 4.21 Å². The first-order valence-corrected chi connectivity index (χ1v) is 10.5. The van der Waals surface area contributed by atoms with Crippen LogP contribution in [0.1, 0.15) is 55.9 Å². The van der Waals surface area contributed by atoms with Gasteiger partial charge in [0.1, 0.15) is 0 Å². The molecule has 0 fully saturated rings. The molecule has 0 N–H and O–H groups in total. The summed E-state index contributed by atoms with van der Waals surface area (Å²) in [4.78, 5) is 0. The quantitative estimate of drug-likeness (QED) is 0.590. The molecule has 0 saturated heterocycles. The average molecular weight is 343 g/mol. The van der Waals surface area contributed by atoms with Crippen molar-refractivity contribution in [2.75, 3.05) is 0 Å². The molecule has 0 aromatic heterocycles. The molecule has 1 atom stereocenters. The molecule has 0 aliphatic carbocycles. The summed E-state index contributed by atoms with van der Waals surface area (Å²) >= 11 is 0. The standard InChI is InChI=1S/C22H30OS/c1-4-5-6-19-7-9-20(10-8-19)11-12-21-13-15-22(16-14-21)17-24(23)18(2)3/h7-10,13-16,18H,4-6,11-12,17H2,1-3H3. The fourth-order valence-corrected chi connectivity index (χ4v) is 3.53. The van der Waals surface area contributed by atoms with Crippen molar-refractivity contribution in [2.24, 2.45) is 0 Å². The number of rotatable bonds is 9. The van der Waals surface area contributed by atoms with Gasteiger partial charge in [-0.3, -0.25) is 4.21 Å². The molecule has 0 heterocycles. The Labute approximate surface area is 150 Å². The summed E-state index contributed by atoms with van der Waals surface area (Å²) in [5, 5.41) is 0.227. The van der Waals surface area contributed by atoms with Gasteiger partial charge in [-0.15, -0.1) is 0 Å². The molecule has 0 bridgehead atoms. The van der Waals surface area contributed by atoms with Gasteiger partial charge in [0, 0.05) is 21.8 Å². The van der Waals surface area contributed by atoms with Crippen LogP contribution < -0.4 is 0 Å². The fraction of sp³-hybridized carbons (Fsp3) is 0.455. The van der Waals surface area contributed by atoms with E-state index in [2.05, 4.69) is 55.5 Å². The van der Waals surface area contributed by atoms with Gasteiger partial charge in [-0.2, -0.15) is 0 Å². The highest BCUT2D eigenvalue weighted by atomic mass is 32.2. The number of hydrogen-bond acceptors (Lipinski definition) is 1. The fourth-order valence-electron chi connectivity index (χ4n) is 2.68. The second kappa shape index (κ2) is 9.78. The maximum absolute atomic E-state index is 11.9. The molecule has 2 aromatic rings. The van der Waals surface area contributed by atoms with Crippen molar-refractivity contribution in [3.63, 3.8) is 0 Å². The number of unbranched alkanes of at least 4 members (excludes halogenated alkanes) is 1. The van der Waals surface area contributed by atoms with Gasteiger partial charge in [0.2, 0.25) is 0 Å². The zero-order chi connectivity index (χ0) is 17.4. The second-order valence-electron chi connectivity index (χ2n) is 6.81. The first kappa shape index (κ1) is 18.9. The molecule has 0 saturated carbocycles. The minimum Gasteiger partial charge on any atom is -0.259 e. The van der Waals surface area contributed by atoms with Gasteiger partial charge in [0.05, 0.1) is 0 Å². The minimum atomic E-state index is -0.768. The SMILES string of the molecule is CCCCc1ccc(CCc2ccc(CS(=O)C(C)C)cc2)cc1. The van der Waals surface area contributed by atoms with Crippen LogP contribution in [0.15, 0.2) is 48.5 Å². The zero-order valence-corrected chi connectivity index (χ0v) is 16.1. The van der Waals surface area contributed by atoms with E-state index in [9.17, 15) is 4.21 Å². The topological polar surface area (TPSA) is 17.1 Å². The zero-order valence-electron chi connectivity index (χ0n) is 15.3. The van der Waals surface area contributed by atoms with Crippen LogP contribution in [0, 0.1) is 0 Å². The van der Waals surface area contributed by atoms with Crippen LogP contribution in [0.5, 0.6) is 0 Å². The van der Waals surface area contributed by atoms with Gasteiger partial charge in [-0.1, -0.05) is 75.7 Å². The number of aryl methyl sites for hydroxylation is 3. The molecular weight excluding hydrogens is 312 g/mol. The Hall–Kier alpha value is -1.41. The maximum atomic E-state index is 11.9. The lowest BCUT2D eigenvalue weighted by Crippen LogP contribution is -2.07. The number of benzene rings is 2. The molecule has 2 aromatic carbocycles. The largest absolute Gasteiger partial charge is 0.259 e. The lowest BCUT2D eigenvalue weighted by Gasteiger charge is -2.07. The van der Waals surface area contributed by atoms with Crippen molar-refractivity contribution in [3.8, 4) is 0 Å². The first-order valence-electron chi connectivity index (χ1n) is 9.11. The molecule has 1 unspecified atom stereocenters. The Kier molecular flexibility index (Phi) is 7.71. The van der Waals surface area contributed by atoms with Gasteiger partial charge in [0.15, 0.2) is 0 Å². The predicted octanol–water partition coefficient (Wildman–Crippen LogP) is 5.47. The Morgan fingerprint density at radius 3 is 1.58 bits per heavy atom. The molecule has 2 rings (SSSR count). The average Bonchev–Trinajstić information content (AvgIpc) is 2.60. The summed E-state index contributed by atoms with van der Waals surface area (Å²) < 4.78 is 11.9. The van der Waals surface area contributed by atoms with Crippen LogP contribution in [0.4, 0.5) is 0 Å². The van der Waals surface area contributed by atoms with E-state index in [1.54, 1.807) is 0 Å². The van der Waals surface area contributed by atoms with E-state index in [4.69, 9.17) is 0 Å². The van der Waals surface area contributed by atoms with Gasteiger partial charge in [-0.25, -0.2) is 0 Å². The third-order valence-corrected chi connectivity index (χ3v) is 6.07. The normalized spacial score (nSPS) is 12.5. The summed E-state index contributed by atoms with van der Waals surface area (Å²) in [5.74, 6) is 0.664. The Bertz CT molecular complexity index is 626. The monoisotopic (exact) mass is 342 g/mol. The van der Waals surface area contributed by atoms with Crippen LogP contribution in [0.3, 0.4) is 0 Å². The van der Waals surface area contributed by atoms with Crippen molar-refractivity contribution in [2.45, 2.75) is 63.9 Å². The molecule has 0 amide bonds. The van der Waals surface area contributed by atoms with Crippen LogP contribution in [-0.2, 0) is 35.8 Å². The van der Waals surface area contributed by atoms with E-state index in [0.717, 1.165) is 12.8 Å². The highest BCUT2D eigenvalue weighted by Crippen LogP contribution is 2.13. The third kappa shape index (κ3) is 6.24. The Morgan fingerprint density at radius 2 is 1.17 bits per heavy atom. The highest BCUT2D eigenvalue weighted by molar-refractivity contribution is 7.84. The van der Waals surface area contributed by atoms with E-state index >= 15 is 0 Å². The van der Waals surface area contributed by atoms with Crippen LogP contribution in [-0.4, -0.2) is 9.46 Å². The maximum Gasteiger partial charge on any atom is 0.0488 e. The van der Waals surface area contributed by atoms with E-state index in [1.807, 2.05) is 13.8 Å². The highest BCUT2D eigenvalue weighted by Gasteiger charge is 2.06. The lowest BCUT2D eigenvalue weighted by molar-refractivity contribution is 0.676. The Balaban J connectivity index is 1.84. The van der Waals surface area contributed by atoms with Crippen LogP contribution >= 0.6 is 0 Å². The number of hydrogen-bond donors (Lipinski definition) is 0. The van der Waals surface area contributed by atoms with E-state index < -0.39 is 10.8 Å². The van der Waals surface area contributed by atoms with Crippen molar-refractivity contribution in [1.82, 2.24) is 0 Å². The lowest BCUT2D eigenvalue weighted by atomic mass is 10.0. The van der Waals surface area contributed by atoms with E-state index in [0.29, 0.717) is 5.75 Å². The van der Waals surface area contributed by atoms with Crippen molar-refractivity contribution >= 4 is 10.8 Å². The molecule has 0 aliphatic rings. The molecule has 130 valence electrons. The summed E-state index contributed by atoms with van der Waals surface area (Å²) in [6, 6.07) is 17.7. The Morgan fingerprint density at radius 1 is 0.750 bits per heavy atom. The molecule has 1 nitrogen and oxygen atoms in total. The summed E-state index contributed by atoms with van der Waals surface area (Å²) in [6.07, 6.45) is 5.85. The predicted molar refractivity (Wildman–Crippen MR) is 106 cm³/mol. The molecule has 2 heteroatoms. The summed E-state index contributed by atoms with van der Waals surface area (Å²) in [6.45, 7) is 6.26. The second-order valence-corrected chi connectivity index (χ2v) is 8.80. The first-order chi connectivity index (χ1) is 11.6. The minimum absolute atomic E-state index is 0.227. The van der Waals surface area contributed by atoms with Crippen LogP contribution in [0.2, 0.25) is 0 Å². The molecule has 24 heavy (non-hydrogen) atoms. The van der Waals surface area contributed by atoms with Gasteiger partial charge in [-0.05, 0) is 47.9 Å². The van der Waals surface area contributed by atoms with Gasteiger partial charge in [0.25, 0.3) is 0 Å². The molecule has 0 aliphatic heterocycles. The smallest absolute Gasteiger partial charge is 0.0488 e.